The first-order valence-corrected chi connectivity index (χ1v) is 15.5. The molecule has 1 saturated heterocycles. The quantitative estimate of drug-likeness (QED) is 0.385. The molecule has 1 amide bonds. The molecule has 0 aromatic heterocycles. The van der Waals surface area contributed by atoms with E-state index in [4.69, 9.17) is 14.2 Å². The highest BCUT2D eigenvalue weighted by Crippen LogP contribution is 2.35. The number of sulfonamides is 2. The van der Waals surface area contributed by atoms with E-state index < -0.39 is 32.0 Å². The number of methoxy groups -OCH3 is 2. The van der Waals surface area contributed by atoms with Gasteiger partial charge in [-0.05, 0) is 56.2 Å². The molecule has 1 heterocycles. The van der Waals surface area contributed by atoms with Gasteiger partial charge in [0.05, 0.1) is 37.6 Å². The second-order valence-corrected chi connectivity index (χ2v) is 12.6. The van der Waals surface area contributed by atoms with Crippen LogP contribution in [0.3, 0.4) is 0 Å². The van der Waals surface area contributed by atoms with Crippen LogP contribution in [0.25, 0.3) is 0 Å². The van der Waals surface area contributed by atoms with Crippen molar-refractivity contribution < 1.29 is 35.8 Å². The zero-order chi connectivity index (χ0) is 27.9. The Morgan fingerprint density at radius 3 is 2.18 bits per heavy atom. The average molecular weight is 570 g/mol. The van der Waals surface area contributed by atoms with Crippen LogP contribution in [0.5, 0.6) is 17.2 Å². The molecular weight excluding hydrogens is 534 g/mol. The number of ether oxygens (including phenoxy) is 3. The van der Waals surface area contributed by atoms with Crippen molar-refractivity contribution in [2.24, 2.45) is 0 Å². The van der Waals surface area contributed by atoms with Crippen molar-refractivity contribution in [1.82, 2.24) is 9.62 Å². The molecule has 1 aliphatic rings. The number of hydrogen-bond acceptors (Lipinski definition) is 8. The Hall–Kier alpha value is -3.03. The van der Waals surface area contributed by atoms with Gasteiger partial charge in [-0.3, -0.25) is 9.10 Å². The standard InChI is InChI=1S/C25H35N3O8S2/c1-19(28(37(4,30)31)23-18-21(34-2)10-13-24(23)35-3)25(29)26-14-17-36-20-8-11-22(12-9-20)38(32,33)27-15-6-5-7-16-27/h8-13,18-19H,5-7,14-17H2,1-4H3,(H,26,29)/t19-/m0/s1. The molecule has 0 spiro atoms. The van der Waals surface area contributed by atoms with E-state index in [1.807, 2.05) is 0 Å². The Balaban J connectivity index is 1.60. The zero-order valence-electron chi connectivity index (χ0n) is 22.0. The first-order valence-electron chi connectivity index (χ1n) is 12.2. The predicted octanol–water partition coefficient (Wildman–Crippen LogP) is 2.23. The van der Waals surface area contributed by atoms with E-state index in [-0.39, 0.29) is 29.5 Å². The van der Waals surface area contributed by atoms with Crippen LogP contribution in [0.15, 0.2) is 47.4 Å². The van der Waals surface area contributed by atoms with E-state index in [1.54, 1.807) is 24.3 Å². The Labute approximate surface area is 224 Å². The van der Waals surface area contributed by atoms with E-state index >= 15 is 0 Å². The van der Waals surface area contributed by atoms with Crippen LogP contribution in [-0.2, 0) is 24.8 Å². The summed E-state index contributed by atoms with van der Waals surface area (Å²) in [5.41, 5.74) is 0.174. The van der Waals surface area contributed by atoms with Crippen molar-refractivity contribution in [1.29, 1.82) is 0 Å². The third-order valence-electron chi connectivity index (χ3n) is 6.16. The fourth-order valence-corrected chi connectivity index (χ4v) is 6.89. The monoisotopic (exact) mass is 569 g/mol. The van der Waals surface area contributed by atoms with Gasteiger partial charge in [0.2, 0.25) is 26.0 Å². The fraction of sp³-hybridized carbons (Fsp3) is 0.480. The molecule has 0 aliphatic carbocycles. The second kappa shape index (κ2) is 12.7. The number of carbonyl (C=O) groups excluding carboxylic acids is 1. The number of carbonyl (C=O) groups is 1. The van der Waals surface area contributed by atoms with Gasteiger partial charge >= 0.3 is 0 Å². The number of rotatable bonds is 12. The molecule has 0 saturated carbocycles. The number of anilines is 1. The van der Waals surface area contributed by atoms with Gasteiger partial charge in [0.1, 0.15) is 29.9 Å². The maximum absolute atomic E-state index is 12.9. The lowest BCUT2D eigenvalue weighted by Gasteiger charge is -2.29. The van der Waals surface area contributed by atoms with Crippen molar-refractivity contribution in [3.8, 4) is 17.2 Å². The number of nitrogens with zero attached hydrogens (tertiary/aromatic N) is 2. The Bertz CT molecular complexity index is 1310. The van der Waals surface area contributed by atoms with E-state index in [0.29, 0.717) is 24.6 Å². The van der Waals surface area contributed by atoms with Gasteiger partial charge in [-0.25, -0.2) is 16.8 Å². The minimum atomic E-state index is -3.86. The summed E-state index contributed by atoms with van der Waals surface area (Å²) >= 11 is 0. The van der Waals surface area contributed by atoms with Gasteiger partial charge < -0.3 is 19.5 Å². The van der Waals surface area contributed by atoms with Crippen molar-refractivity contribution >= 4 is 31.6 Å². The number of nitrogens with one attached hydrogen (secondary N) is 1. The van der Waals surface area contributed by atoms with Gasteiger partial charge in [0, 0.05) is 19.2 Å². The van der Waals surface area contributed by atoms with Crippen molar-refractivity contribution in [3.05, 3.63) is 42.5 Å². The average Bonchev–Trinajstić information content (AvgIpc) is 2.91. The van der Waals surface area contributed by atoms with E-state index in [9.17, 15) is 21.6 Å². The molecule has 1 aliphatic heterocycles. The van der Waals surface area contributed by atoms with Gasteiger partial charge in [0.15, 0.2) is 0 Å². The first kappa shape index (κ1) is 29.5. The third-order valence-corrected chi connectivity index (χ3v) is 9.30. The summed E-state index contributed by atoms with van der Waals surface area (Å²) in [6.45, 7) is 2.72. The highest BCUT2D eigenvalue weighted by atomic mass is 32.2. The summed E-state index contributed by atoms with van der Waals surface area (Å²) in [5.74, 6) is 0.589. The third kappa shape index (κ3) is 7.08. The molecule has 11 nitrogen and oxygen atoms in total. The summed E-state index contributed by atoms with van der Waals surface area (Å²) in [5, 5.41) is 2.68. The van der Waals surface area contributed by atoms with Gasteiger partial charge in [0.25, 0.3) is 0 Å². The molecule has 3 rings (SSSR count). The topological polar surface area (TPSA) is 132 Å². The number of piperidine rings is 1. The summed E-state index contributed by atoms with van der Waals surface area (Å²) < 4.78 is 69.5. The van der Waals surface area contributed by atoms with Gasteiger partial charge in [-0.1, -0.05) is 6.42 Å². The van der Waals surface area contributed by atoms with E-state index in [1.165, 1.54) is 43.6 Å². The molecular formula is C25H35N3O8S2. The minimum Gasteiger partial charge on any atom is -0.497 e. The van der Waals surface area contributed by atoms with Crippen molar-refractivity contribution in [2.45, 2.75) is 37.1 Å². The molecule has 2 aromatic carbocycles. The molecule has 0 bridgehead atoms. The highest BCUT2D eigenvalue weighted by molar-refractivity contribution is 7.92. The van der Waals surface area contributed by atoms with Crippen LogP contribution in [0.2, 0.25) is 0 Å². The Morgan fingerprint density at radius 1 is 0.974 bits per heavy atom. The normalized spacial score (nSPS) is 15.4. The van der Waals surface area contributed by atoms with E-state index in [2.05, 4.69) is 5.32 Å². The van der Waals surface area contributed by atoms with Crippen molar-refractivity contribution in [3.63, 3.8) is 0 Å². The van der Waals surface area contributed by atoms with Crippen molar-refractivity contribution in [2.75, 3.05) is 51.0 Å². The number of amides is 1. The summed E-state index contributed by atoms with van der Waals surface area (Å²) in [6.07, 6.45) is 3.77. The molecule has 210 valence electrons. The second-order valence-electron chi connectivity index (χ2n) is 8.85. The SMILES string of the molecule is COc1ccc(OC)c(N([C@@H](C)C(=O)NCCOc2ccc(S(=O)(=O)N3CCCCC3)cc2)S(C)(=O)=O)c1. The maximum atomic E-state index is 12.9. The molecule has 13 heteroatoms. The first-order chi connectivity index (χ1) is 18.0. The minimum absolute atomic E-state index is 0.0953. The van der Waals surface area contributed by atoms with Crippen LogP contribution in [0, 0.1) is 0 Å². The lowest BCUT2D eigenvalue weighted by molar-refractivity contribution is -0.121. The van der Waals surface area contributed by atoms with E-state index in [0.717, 1.165) is 29.8 Å². The largest absolute Gasteiger partial charge is 0.497 e. The summed E-state index contributed by atoms with van der Waals surface area (Å²) in [6, 6.07) is 9.74. The summed E-state index contributed by atoms with van der Waals surface area (Å²) in [4.78, 5) is 13.1. The van der Waals surface area contributed by atoms with Crippen LogP contribution in [-0.4, -0.2) is 79.8 Å². The maximum Gasteiger partial charge on any atom is 0.243 e. The molecule has 38 heavy (non-hydrogen) atoms. The molecule has 1 atom stereocenters. The zero-order valence-corrected chi connectivity index (χ0v) is 23.7. The number of benzene rings is 2. The molecule has 0 radical (unpaired) electrons. The van der Waals surface area contributed by atoms with Crippen LogP contribution in [0.1, 0.15) is 26.2 Å². The fourth-order valence-electron chi connectivity index (χ4n) is 4.20. The molecule has 0 unspecified atom stereocenters. The van der Waals surface area contributed by atoms with Gasteiger partial charge in [-0.2, -0.15) is 4.31 Å². The van der Waals surface area contributed by atoms with Crippen LogP contribution < -0.4 is 23.8 Å². The molecule has 1 N–H and O–H groups in total. The Morgan fingerprint density at radius 2 is 1.61 bits per heavy atom. The lowest BCUT2D eigenvalue weighted by atomic mass is 10.2. The predicted molar refractivity (Wildman–Crippen MR) is 144 cm³/mol. The molecule has 2 aromatic rings. The highest BCUT2D eigenvalue weighted by Gasteiger charge is 2.31. The lowest BCUT2D eigenvalue weighted by Crippen LogP contribution is -2.48. The Kier molecular flexibility index (Phi) is 9.85. The van der Waals surface area contributed by atoms with Crippen LogP contribution in [0.4, 0.5) is 5.69 Å². The summed E-state index contributed by atoms with van der Waals surface area (Å²) in [7, 11) is -4.53. The molecule has 1 fully saturated rings. The van der Waals surface area contributed by atoms with Crippen LogP contribution >= 0.6 is 0 Å². The van der Waals surface area contributed by atoms with Gasteiger partial charge in [-0.15, -0.1) is 0 Å². The number of hydrogen-bond donors (Lipinski definition) is 1. The smallest absolute Gasteiger partial charge is 0.243 e.